The molecule has 0 saturated carbocycles. The van der Waals surface area contributed by atoms with Crippen LogP contribution < -0.4 is 5.32 Å². The number of pyridine rings is 2. The highest BCUT2D eigenvalue weighted by Crippen LogP contribution is 2.33. The summed E-state index contributed by atoms with van der Waals surface area (Å²) in [6.07, 6.45) is 3.63. The van der Waals surface area contributed by atoms with Gasteiger partial charge in [0.25, 0.3) is 5.91 Å². The number of nitrogens with zero attached hydrogens (tertiary/aromatic N) is 5. The Kier molecular flexibility index (Phi) is 5.43. The van der Waals surface area contributed by atoms with Crippen molar-refractivity contribution in [3.8, 4) is 17.3 Å². The lowest BCUT2D eigenvalue weighted by atomic mass is 9.79. The molecule has 6 rings (SSSR count). The van der Waals surface area contributed by atoms with Gasteiger partial charge in [0, 0.05) is 35.1 Å². The van der Waals surface area contributed by atoms with Gasteiger partial charge in [0.15, 0.2) is 0 Å². The first-order valence-electron chi connectivity index (χ1n) is 12.0. The Morgan fingerprint density at radius 1 is 1.19 bits per heavy atom. The number of nitriles is 1. The number of ether oxygens (including phenoxy) is 1. The Morgan fingerprint density at radius 2 is 2.08 bits per heavy atom. The topological polar surface area (TPSA) is 106 Å². The second kappa shape index (κ2) is 8.80. The van der Waals surface area contributed by atoms with Gasteiger partial charge in [0.1, 0.15) is 5.41 Å². The van der Waals surface area contributed by atoms with Gasteiger partial charge in [-0.3, -0.25) is 14.5 Å². The molecule has 1 amide bonds. The van der Waals surface area contributed by atoms with Crippen molar-refractivity contribution in [2.45, 2.75) is 25.5 Å². The monoisotopic (exact) mass is 488 g/mol. The third kappa shape index (κ3) is 3.99. The zero-order valence-electron chi connectivity index (χ0n) is 20.5. The first-order valence-corrected chi connectivity index (χ1v) is 12.0. The Bertz CT molecular complexity index is 1730. The summed E-state index contributed by atoms with van der Waals surface area (Å²) in [5.41, 5.74) is 5.94. The maximum atomic E-state index is 13.0. The number of nitrogens with one attached hydrogen (secondary N) is 1. The molecule has 2 aromatic carbocycles. The number of carbonyl (C=O) groups excluding carboxylic acids is 1. The lowest BCUT2D eigenvalue weighted by molar-refractivity contribution is 0.0757. The van der Waals surface area contributed by atoms with Gasteiger partial charge in [-0.05, 0) is 54.4 Å². The van der Waals surface area contributed by atoms with Gasteiger partial charge in [-0.2, -0.15) is 10.4 Å². The van der Waals surface area contributed by atoms with Crippen LogP contribution in [0.25, 0.3) is 33.1 Å². The van der Waals surface area contributed by atoms with Gasteiger partial charge >= 0.3 is 0 Å². The number of amides is 1. The van der Waals surface area contributed by atoms with Crippen molar-refractivity contribution in [1.82, 2.24) is 25.1 Å². The molecule has 0 fully saturated rings. The van der Waals surface area contributed by atoms with Crippen molar-refractivity contribution in [1.29, 1.82) is 5.26 Å². The highest BCUT2D eigenvalue weighted by molar-refractivity contribution is 5.95. The first kappa shape index (κ1) is 22.8. The Labute approximate surface area is 213 Å². The van der Waals surface area contributed by atoms with Crippen LogP contribution in [0.2, 0.25) is 0 Å². The number of fused-ring (bicyclic) bond motifs is 3. The molecular weight excluding hydrogens is 464 g/mol. The molecule has 1 N–H and O–H groups in total. The molecule has 182 valence electrons. The van der Waals surface area contributed by atoms with E-state index in [-0.39, 0.29) is 12.5 Å². The van der Waals surface area contributed by atoms with Crippen molar-refractivity contribution in [3.05, 3.63) is 89.4 Å². The number of rotatable bonds is 4. The van der Waals surface area contributed by atoms with Gasteiger partial charge in [-0.15, -0.1) is 0 Å². The highest BCUT2D eigenvalue weighted by Gasteiger charge is 2.33. The molecule has 1 aliphatic heterocycles. The van der Waals surface area contributed by atoms with Gasteiger partial charge in [0.05, 0.1) is 54.4 Å². The molecule has 0 bridgehead atoms. The molecule has 4 heterocycles. The molecule has 0 aliphatic carbocycles. The molecule has 0 saturated heterocycles. The fraction of sp³-hybridized carbons (Fsp3) is 0.207. The molecule has 8 nitrogen and oxygen atoms in total. The summed E-state index contributed by atoms with van der Waals surface area (Å²) >= 11 is 0. The van der Waals surface area contributed by atoms with Crippen molar-refractivity contribution in [2.24, 2.45) is 7.05 Å². The van der Waals surface area contributed by atoms with Gasteiger partial charge in [-0.25, -0.2) is 4.98 Å². The van der Waals surface area contributed by atoms with E-state index in [4.69, 9.17) is 9.72 Å². The SMILES string of the molecule is Cn1ncc2c(-c3ccc4cnc(CNC(=O)c5ccc6c(c5)[C@](C)(C#N)COC6)cc4n3)cccc21. The number of hydrogen-bond acceptors (Lipinski definition) is 6. The zero-order valence-corrected chi connectivity index (χ0v) is 20.5. The van der Waals surface area contributed by atoms with E-state index in [1.807, 2.05) is 67.3 Å². The van der Waals surface area contributed by atoms with E-state index >= 15 is 0 Å². The van der Waals surface area contributed by atoms with Crippen LogP contribution in [0.5, 0.6) is 0 Å². The lowest BCUT2D eigenvalue weighted by Gasteiger charge is -2.30. The van der Waals surface area contributed by atoms with Gasteiger partial charge in [-0.1, -0.05) is 18.2 Å². The quantitative estimate of drug-likeness (QED) is 0.401. The first-order chi connectivity index (χ1) is 17.9. The standard InChI is InChI=1S/C29H24N6O2/c1-29(16-30)17-37-15-20-7-6-18(10-24(20)29)28(36)32-13-21-11-26-19(12-31-21)8-9-25(34-26)22-4-3-5-27-23(22)14-33-35(27)2/h3-12,14H,13,15,17H2,1-2H3,(H,32,36)/t29-/m1/s1. The van der Waals surface area contributed by atoms with E-state index in [1.54, 1.807) is 18.3 Å². The van der Waals surface area contributed by atoms with E-state index < -0.39 is 5.41 Å². The second-order valence-electron chi connectivity index (χ2n) is 9.56. The predicted molar refractivity (Wildman–Crippen MR) is 139 cm³/mol. The average molecular weight is 489 g/mol. The molecule has 1 atom stereocenters. The average Bonchev–Trinajstić information content (AvgIpc) is 3.32. The number of hydrogen-bond donors (Lipinski definition) is 1. The number of benzene rings is 2. The van der Waals surface area contributed by atoms with Crippen molar-refractivity contribution < 1.29 is 9.53 Å². The van der Waals surface area contributed by atoms with Gasteiger partial charge < -0.3 is 10.1 Å². The maximum Gasteiger partial charge on any atom is 0.251 e. The van der Waals surface area contributed by atoms with Crippen molar-refractivity contribution in [3.63, 3.8) is 0 Å². The van der Waals surface area contributed by atoms with E-state index in [0.717, 1.165) is 44.2 Å². The van der Waals surface area contributed by atoms with E-state index in [1.165, 1.54) is 0 Å². The lowest BCUT2D eigenvalue weighted by Crippen LogP contribution is -2.33. The summed E-state index contributed by atoms with van der Waals surface area (Å²) in [6, 6.07) is 19.7. The number of aryl methyl sites for hydroxylation is 1. The fourth-order valence-electron chi connectivity index (χ4n) is 4.87. The summed E-state index contributed by atoms with van der Waals surface area (Å²) < 4.78 is 7.41. The van der Waals surface area contributed by atoms with Crippen LogP contribution in [0.4, 0.5) is 0 Å². The number of carbonyl (C=O) groups is 1. The molecule has 5 aromatic rings. The summed E-state index contributed by atoms with van der Waals surface area (Å²) in [5, 5.41) is 19.0. The van der Waals surface area contributed by atoms with Crippen LogP contribution in [0.3, 0.4) is 0 Å². The van der Waals surface area contributed by atoms with Gasteiger partial charge in [0.2, 0.25) is 0 Å². The summed E-state index contributed by atoms with van der Waals surface area (Å²) in [4.78, 5) is 22.4. The molecule has 0 unspecified atom stereocenters. The molecule has 1 aliphatic rings. The maximum absolute atomic E-state index is 13.0. The molecular formula is C29H24N6O2. The highest BCUT2D eigenvalue weighted by atomic mass is 16.5. The van der Waals surface area contributed by atoms with Crippen LogP contribution in [-0.4, -0.2) is 32.3 Å². The molecule has 0 radical (unpaired) electrons. The van der Waals surface area contributed by atoms with Crippen molar-refractivity contribution >= 4 is 27.7 Å². The molecule has 8 heteroatoms. The minimum absolute atomic E-state index is 0.221. The molecule has 37 heavy (non-hydrogen) atoms. The number of aromatic nitrogens is 4. The van der Waals surface area contributed by atoms with E-state index in [2.05, 4.69) is 21.5 Å². The van der Waals surface area contributed by atoms with Crippen LogP contribution in [0.15, 0.2) is 67.0 Å². The second-order valence-corrected chi connectivity index (χ2v) is 9.56. The minimum Gasteiger partial charge on any atom is -0.375 e. The Morgan fingerprint density at radius 3 is 2.95 bits per heavy atom. The summed E-state index contributed by atoms with van der Waals surface area (Å²) in [7, 11) is 1.92. The van der Waals surface area contributed by atoms with E-state index in [9.17, 15) is 10.1 Å². The van der Waals surface area contributed by atoms with E-state index in [0.29, 0.717) is 24.5 Å². The summed E-state index contributed by atoms with van der Waals surface area (Å²) in [5.74, 6) is -0.221. The molecule has 3 aromatic heterocycles. The van der Waals surface area contributed by atoms with Crippen LogP contribution in [0, 0.1) is 11.3 Å². The predicted octanol–water partition coefficient (Wildman–Crippen LogP) is 4.42. The Balaban J connectivity index is 1.25. The fourth-order valence-corrected chi connectivity index (χ4v) is 4.87. The zero-order chi connectivity index (χ0) is 25.6. The Hall–Kier alpha value is -4.61. The smallest absolute Gasteiger partial charge is 0.251 e. The van der Waals surface area contributed by atoms with Crippen LogP contribution >= 0.6 is 0 Å². The summed E-state index contributed by atoms with van der Waals surface area (Å²) in [6.45, 7) is 2.85. The van der Waals surface area contributed by atoms with Crippen molar-refractivity contribution in [2.75, 3.05) is 6.61 Å². The largest absolute Gasteiger partial charge is 0.375 e. The van der Waals surface area contributed by atoms with Crippen LogP contribution in [0.1, 0.15) is 34.1 Å². The van der Waals surface area contributed by atoms with Crippen LogP contribution in [-0.2, 0) is 30.4 Å². The molecule has 0 spiro atoms. The minimum atomic E-state index is -0.771. The third-order valence-corrected chi connectivity index (χ3v) is 6.99. The third-order valence-electron chi connectivity index (χ3n) is 6.99. The normalized spacial score (nSPS) is 16.9.